The number of carbonyl (C=O) groups excluding carboxylic acids is 2. The molecule has 2 fully saturated rings. The number of nitrogens with zero attached hydrogens (tertiary/aromatic N) is 3. The fourth-order valence-electron chi connectivity index (χ4n) is 5.85. The van der Waals surface area contributed by atoms with Gasteiger partial charge in [0, 0.05) is 56.4 Å². The average molecular weight is 520 g/mol. The zero-order valence-electron chi connectivity index (χ0n) is 23.5. The Morgan fingerprint density at radius 3 is 2.34 bits per heavy atom. The predicted octanol–water partition coefficient (Wildman–Crippen LogP) is 5.38. The third kappa shape index (κ3) is 5.51. The summed E-state index contributed by atoms with van der Waals surface area (Å²) in [6, 6.07) is 11.2. The molecule has 2 aromatic rings. The highest BCUT2D eigenvalue weighted by Crippen LogP contribution is 2.44. The van der Waals surface area contributed by atoms with Crippen molar-refractivity contribution in [3.8, 4) is 0 Å². The molecule has 0 spiro atoms. The zero-order valence-corrected chi connectivity index (χ0v) is 23.5. The smallest absolute Gasteiger partial charge is 0.410 e. The SMILES string of the molecule is CC(=O)N1c2ccc(C3CCN(C(=O)OC(C)(C)C)CC3)cc2C(Nc2ccc(C3CN3)cn2)C(C)[C@@H]1C. The highest BCUT2D eigenvalue weighted by atomic mass is 16.6. The minimum absolute atomic E-state index is 0.0230. The van der Waals surface area contributed by atoms with Gasteiger partial charge in [-0.15, -0.1) is 0 Å². The number of ether oxygens (including phenoxy) is 1. The Morgan fingerprint density at radius 1 is 1.08 bits per heavy atom. The zero-order chi connectivity index (χ0) is 27.2. The van der Waals surface area contributed by atoms with Gasteiger partial charge in [0.15, 0.2) is 0 Å². The molecule has 4 heterocycles. The number of carbonyl (C=O) groups is 2. The summed E-state index contributed by atoms with van der Waals surface area (Å²) in [5.74, 6) is 1.43. The molecule has 38 heavy (non-hydrogen) atoms. The van der Waals surface area contributed by atoms with Crippen LogP contribution in [0.4, 0.5) is 16.3 Å². The van der Waals surface area contributed by atoms with Crippen LogP contribution in [-0.4, -0.2) is 53.2 Å². The summed E-state index contributed by atoms with van der Waals surface area (Å²) in [7, 11) is 0. The van der Waals surface area contributed by atoms with Crippen molar-refractivity contribution in [3.63, 3.8) is 0 Å². The molecule has 3 aliphatic rings. The van der Waals surface area contributed by atoms with Gasteiger partial charge in [-0.2, -0.15) is 0 Å². The molecule has 8 heteroatoms. The number of aromatic nitrogens is 1. The van der Waals surface area contributed by atoms with Crippen LogP contribution in [0.3, 0.4) is 0 Å². The van der Waals surface area contributed by atoms with Gasteiger partial charge in [-0.05, 0) is 75.3 Å². The van der Waals surface area contributed by atoms with E-state index in [1.165, 1.54) is 11.1 Å². The summed E-state index contributed by atoms with van der Waals surface area (Å²) >= 11 is 0. The molecule has 5 rings (SSSR count). The third-order valence-corrected chi connectivity index (χ3v) is 8.20. The molecular formula is C30H41N5O3. The summed E-state index contributed by atoms with van der Waals surface area (Å²) < 4.78 is 5.57. The van der Waals surface area contributed by atoms with E-state index in [1.54, 1.807) is 6.92 Å². The van der Waals surface area contributed by atoms with Crippen LogP contribution >= 0.6 is 0 Å². The van der Waals surface area contributed by atoms with Crippen molar-refractivity contribution in [2.75, 3.05) is 29.9 Å². The number of fused-ring (bicyclic) bond motifs is 1. The third-order valence-electron chi connectivity index (χ3n) is 8.20. The van der Waals surface area contributed by atoms with Gasteiger partial charge in [-0.3, -0.25) is 4.79 Å². The first kappa shape index (κ1) is 26.5. The largest absolute Gasteiger partial charge is 0.444 e. The maximum absolute atomic E-state index is 12.7. The molecule has 1 aromatic carbocycles. The number of hydrogen-bond acceptors (Lipinski definition) is 6. The van der Waals surface area contributed by atoms with Gasteiger partial charge in [0.05, 0.1) is 6.04 Å². The van der Waals surface area contributed by atoms with Crippen LogP contribution in [0.1, 0.15) is 89.1 Å². The maximum Gasteiger partial charge on any atom is 0.410 e. The summed E-state index contributed by atoms with van der Waals surface area (Å²) in [4.78, 5) is 33.7. The molecule has 2 N–H and O–H groups in total. The lowest BCUT2D eigenvalue weighted by atomic mass is 9.80. The fraction of sp³-hybridized carbons (Fsp3) is 0.567. The molecule has 0 aliphatic carbocycles. The van der Waals surface area contributed by atoms with Gasteiger partial charge in [0.25, 0.3) is 0 Å². The monoisotopic (exact) mass is 519 g/mol. The molecule has 3 unspecified atom stereocenters. The Morgan fingerprint density at radius 2 is 1.76 bits per heavy atom. The Labute approximate surface area is 226 Å². The second-order valence-corrected chi connectivity index (χ2v) is 12.1. The van der Waals surface area contributed by atoms with Gasteiger partial charge in [0.2, 0.25) is 5.91 Å². The van der Waals surface area contributed by atoms with Gasteiger partial charge in [0.1, 0.15) is 11.4 Å². The van der Waals surface area contributed by atoms with Crippen LogP contribution in [0.15, 0.2) is 36.5 Å². The lowest BCUT2D eigenvalue weighted by Gasteiger charge is -2.44. The first-order valence-corrected chi connectivity index (χ1v) is 13.9. The second-order valence-electron chi connectivity index (χ2n) is 12.1. The summed E-state index contributed by atoms with van der Waals surface area (Å²) in [6.07, 6.45) is 3.48. The Hall–Kier alpha value is -3.13. The number of nitrogens with one attached hydrogen (secondary N) is 2. The van der Waals surface area contributed by atoms with Crippen LogP contribution in [-0.2, 0) is 9.53 Å². The van der Waals surface area contributed by atoms with Crippen molar-refractivity contribution in [2.45, 2.75) is 84.0 Å². The minimum Gasteiger partial charge on any atom is -0.444 e. The van der Waals surface area contributed by atoms with Crippen molar-refractivity contribution in [1.29, 1.82) is 0 Å². The van der Waals surface area contributed by atoms with Gasteiger partial charge in [-0.1, -0.05) is 25.1 Å². The number of pyridine rings is 1. The topological polar surface area (TPSA) is 96.7 Å². The average Bonchev–Trinajstić information content (AvgIpc) is 3.72. The fourth-order valence-corrected chi connectivity index (χ4v) is 5.85. The molecule has 0 saturated carbocycles. The van der Waals surface area contributed by atoms with Crippen LogP contribution in [0, 0.1) is 5.92 Å². The predicted molar refractivity (Wildman–Crippen MR) is 149 cm³/mol. The molecule has 0 bridgehead atoms. The van der Waals surface area contributed by atoms with Crippen molar-refractivity contribution in [1.82, 2.24) is 15.2 Å². The normalized spacial score (nSPS) is 25.5. The number of piperidine rings is 1. The lowest BCUT2D eigenvalue weighted by Crippen LogP contribution is -2.48. The molecule has 2 saturated heterocycles. The molecule has 0 radical (unpaired) electrons. The number of hydrogen-bond donors (Lipinski definition) is 2. The second kappa shape index (κ2) is 10.2. The van der Waals surface area contributed by atoms with Crippen LogP contribution in [0.2, 0.25) is 0 Å². The summed E-state index contributed by atoms with van der Waals surface area (Å²) in [5.41, 5.74) is 4.08. The van der Waals surface area contributed by atoms with E-state index in [1.807, 2.05) is 36.8 Å². The number of likely N-dealkylation sites (tertiary alicyclic amines) is 1. The molecule has 2 amide bonds. The van der Waals surface area contributed by atoms with E-state index in [2.05, 4.69) is 54.8 Å². The van der Waals surface area contributed by atoms with Crippen molar-refractivity contribution >= 4 is 23.5 Å². The maximum atomic E-state index is 12.7. The first-order chi connectivity index (χ1) is 18.0. The van der Waals surface area contributed by atoms with E-state index < -0.39 is 5.60 Å². The number of rotatable bonds is 4. The van der Waals surface area contributed by atoms with Crippen molar-refractivity contribution in [2.24, 2.45) is 5.92 Å². The van der Waals surface area contributed by atoms with Crippen LogP contribution in [0.5, 0.6) is 0 Å². The Kier molecular flexibility index (Phi) is 7.11. The first-order valence-electron chi connectivity index (χ1n) is 13.9. The van der Waals surface area contributed by atoms with Gasteiger partial charge in [-0.25, -0.2) is 9.78 Å². The lowest BCUT2D eigenvalue weighted by molar-refractivity contribution is -0.117. The summed E-state index contributed by atoms with van der Waals surface area (Å²) in [5, 5.41) is 7.02. The minimum atomic E-state index is -0.491. The van der Waals surface area contributed by atoms with Gasteiger partial charge >= 0.3 is 6.09 Å². The number of amides is 2. The molecule has 4 atom stereocenters. The van der Waals surface area contributed by atoms with Crippen LogP contribution in [0.25, 0.3) is 0 Å². The van der Waals surface area contributed by atoms with E-state index in [4.69, 9.17) is 9.72 Å². The highest BCUT2D eigenvalue weighted by molar-refractivity contribution is 5.94. The van der Waals surface area contributed by atoms with E-state index >= 15 is 0 Å². The molecule has 8 nitrogen and oxygen atoms in total. The molecule has 3 aliphatic heterocycles. The molecule has 204 valence electrons. The van der Waals surface area contributed by atoms with E-state index in [9.17, 15) is 9.59 Å². The van der Waals surface area contributed by atoms with Crippen LogP contribution < -0.4 is 15.5 Å². The highest BCUT2D eigenvalue weighted by Gasteiger charge is 2.39. The van der Waals surface area contributed by atoms with E-state index in [0.29, 0.717) is 25.0 Å². The standard InChI is InChI=1S/C30H41N5O3/c1-18-19(2)35(20(3)36)26-9-7-22(21-11-13-34(14-12-21)29(37)38-30(4,5)6)15-24(26)28(18)33-27-10-8-23(16-32-27)25-17-31-25/h7-10,15-16,18-19,21,25,28,31H,11-14,17H2,1-6H3,(H,32,33)/t18?,19-,25?,28?/m0/s1. The van der Waals surface area contributed by atoms with E-state index in [0.717, 1.165) is 36.5 Å². The summed E-state index contributed by atoms with van der Waals surface area (Å²) in [6.45, 7) is 14.0. The quantitative estimate of drug-likeness (QED) is 0.526. The van der Waals surface area contributed by atoms with Crippen molar-refractivity contribution in [3.05, 3.63) is 53.2 Å². The van der Waals surface area contributed by atoms with Crippen molar-refractivity contribution < 1.29 is 14.3 Å². The molecular weight excluding hydrogens is 478 g/mol. The Bertz CT molecular complexity index is 1180. The number of benzene rings is 1. The molecule has 1 aromatic heterocycles. The van der Waals surface area contributed by atoms with Gasteiger partial charge < -0.3 is 25.2 Å². The Balaban J connectivity index is 1.38. The number of anilines is 2. The van der Waals surface area contributed by atoms with E-state index in [-0.39, 0.29) is 30.0 Å².